The molecule has 5 nitrogen and oxygen atoms in total. The van der Waals surface area contributed by atoms with Crippen molar-refractivity contribution in [2.24, 2.45) is 5.92 Å². The van der Waals surface area contributed by atoms with Gasteiger partial charge in [-0.25, -0.2) is 0 Å². The van der Waals surface area contributed by atoms with Gasteiger partial charge in [0.05, 0.1) is 25.2 Å². The number of anilines is 1. The zero-order valence-electron chi connectivity index (χ0n) is 14.0. The standard InChI is InChI=1S/C18H24N2O3/c1-12-5-4-6-16(14(12)3)20-10-15(9-17(20)21)18(22)19-7-8-23-11-13(19)2/h4-6,13,15H,7-11H2,1-3H3. The molecule has 1 aromatic rings. The lowest BCUT2D eigenvalue weighted by Crippen LogP contribution is -2.49. The van der Waals surface area contributed by atoms with Crippen LogP contribution in [0.25, 0.3) is 0 Å². The van der Waals surface area contributed by atoms with Crippen LogP contribution in [0.1, 0.15) is 24.5 Å². The van der Waals surface area contributed by atoms with Gasteiger partial charge in [0.15, 0.2) is 0 Å². The molecular weight excluding hydrogens is 292 g/mol. The van der Waals surface area contributed by atoms with Crippen molar-refractivity contribution in [1.29, 1.82) is 0 Å². The average Bonchev–Trinajstić information content (AvgIpc) is 2.92. The molecule has 2 saturated heterocycles. The summed E-state index contributed by atoms with van der Waals surface area (Å²) >= 11 is 0. The van der Waals surface area contributed by atoms with Crippen LogP contribution in [0.3, 0.4) is 0 Å². The van der Waals surface area contributed by atoms with Crippen molar-refractivity contribution in [2.45, 2.75) is 33.2 Å². The monoisotopic (exact) mass is 316 g/mol. The summed E-state index contributed by atoms with van der Waals surface area (Å²) in [5.74, 6) is -0.122. The molecule has 0 spiro atoms. The molecule has 0 aromatic heterocycles. The van der Waals surface area contributed by atoms with E-state index in [1.165, 1.54) is 0 Å². The molecule has 2 unspecified atom stereocenters. The van der Waals surface area contributed by atoms with Crippen molar-refractivity contribution >= 4 is 17.5 Å². The molecule has 0 aliphatic carbocycles. The van der Waals surface area contributed by atoms with E-state index in [1.807, 2.05) is 43.9 Å². The fourth-order valence-electron chi connectivity index (χ4n) is 3.42. The molecule has 0 saturated carbocycles. The van der Waals surface area contributed by atoms with E-state index in [0.717, 1.165) is 16.8 Å². The van der Waals surface area contributed by atoms with Gasteiger partial charge in [-0.15, -0.1) is 0 Å². The third kappa shape index (κ3) is 2.98. The number of rotatable bonds is 2. The first-order valence-electron chi connectivity index (χ1n) is 8.24. The fourth-order valence-corrected chi connectivity index (χ4v) is 3.42. The van der Waals surface area contributed by atoms with Crippen LogP contribution in [-0.4, -0.2) is 49.1 Å². The molecule has 2 aliphatic heterocycles. The highest BCUT2D eigenvalue weighted by molar-refractivity contribution is 6.01. The highest BCUT2D eigenvalue weighted by Crippen LogP contribution is 2.30. The Kier molecular flexibility index (Phi) is 4.39. The Labute approximate surface area is 137 Å². The number of hydrogen-bond donors (Lipinski definition) is 0. The van der Waals surface area contributed by atoms with Gasteiger partial charge >= 0.3 is 0 Å². The molecule has 23 heavy (non-hydrogen) atoms. The van der Waals surface area contributed by atoms with Crippen LogP contribution < -0.4 is 4.90 Å². The Hall–Kier alpha value is -1.88. The summed E-state index contributed by atoms with van der Waals surface area (Å²) in [5, 5.41) is 0. The molecule has 5 heteroatoms. The van der Waals surface area contributed by atoms with Gasteiger partial charge in [-0.3, -0.25) is 9.59 Å². The number of morpholine rings is 1. The highest BCUT2D eigenvalue weighted by atomic mass is 16.5. The molecule has 3 rings (SSSR count). The maximum atomic E-state index is 12.8. The quantitative estimate of drug-likeness (QED) is 0.837. The first-order chi connectivity index (χ1) is 11.0. The van der Waals surface area contributed by atoms with Gasteiger partial charge in [-0.1, -0.05) is 12.1 Å². The third-order valence-corrected chi connectivity index (χ3v) is 4.99. The Balaban J connectivity index is 1.77. The Bertz CT molecular complexity index is 629. The molecule has 2 atom stereocenters. The fraction of sp³-hybridized carbons (Fsp3) is 0.556. The predicted molar refractivity (Wildman–Crippen MR) is 88.4 cm³/mol. The summed E-state index contributed by atoms with van der Waals surface area (Å²) in [7, 11) is 0. The molecule has 1 aromatic carbocycles. The number of amides is 2. The summed E-state index contributed by atoms with van der Waals surface area (Å²) in [4.78, 5) is 28.9. The number of nitrogens with zero attached hydrogens (tertiary/aromatic N) is 2. The highest BCUT2D eigenvalue weighted by Gasteiger charge is 2.39. The number of carbonyl (C=O) groups is 2. The van der Waals surface area contributed by atoms with E-state index in [9.17, 15) is 9.59 Å². The molecule has 2 amide bonds. The second kappa shape index (κ2) is 6.32. The predicted octanol–water partition coefficient (Wildman–Crippen LogP) is 1.90. The number of aryl methyl sites for hydroxylation is 1. The van der Waals surface area contributed by atoms with Crippen LogP contribution >= 0.6 is 0 Å². The third-order valence-electron chi connectivity index (χ3n) is 4.99. The molecule has 0 radical (unpaired) electrons. The smallest absolute Gasteiger partial charge is 0.228 e. The van der Waals surface area contributed by atoms with Gasteiger partial charge in [0.1, 0.15) is 0 Å². The Morgan fingerprint density at radius 2 is 2.09 bits per heavy atom. The molecule has 2 heterocycles. The van der Waals surface area contributed by atoms with E-state index in [0.29, 0.717) is 32.7 Å². The van der Waals surface area contributed by atoms with E-state index < -0.39 is 0 Å². The zero-order chi connectivity index (χ0) is 16.6. The second-order valence-electron chi connectivity index (χ2n) is 6.58. The first kappa shape index (κ1) is 16.0. The number of hydrogen-bond acceptors (Lipinski definition) is 3. The van der Waals surface area contributed by atoms with Crippen molar-refractivity contribution in [3.63, 3.8) is 0 Å². The van der Waals surface area contributed by atoms with E-state index in [-0.39, 0.29) is 23.8 Å². The minimum absolute atomic E-state index is 0.0398. The minimum atomic E-state index is -0.247. The zero-order valence-corrected chi connectivity index (χ0v) is 14.0. The van der Waals surface area contributed by atoms with Gasteiger partial charge in [-0.2, -0.15) is 0 Å². The van der Waals surface area contributed by atoms with Crippen molar-refractivity contribution < 1.29 is 14.3 Å². The number of benzene rings is 1. The van der Waals surface area contributed by atoms with Gasteiger partial charge in [0.25, 0.3) is 0 Å². The van der Waals surface area contributed by atoms with E-state index in [1.54, 1.807) is 4.90 Å². The summed E-state index contributed by atoms with van der Waals surface area (Å²) in [6.07, 6.45) is 0.302. The van der Waals surface area contributed by atoms with Crippen molar-refractivity contribution in [3.8, 4) is 0 Å². The maximum absolute atomic E-state index is 12.8. The van der Waals surface area contributed by atoms with Crippen molar-refractivity contribution in [3.05, 3.63) is 29.3 Å². The maximum Gasteiger partial charge on any atom is 0.228 e. The van der Waals surface area contributed by atoms with Crippen LogP contribution in [0.5, 0.6) is 0 Å². The Morgan fingerprint density at radius 1 is 1.30 bits per heavy atom. The topological polar surface area (TPSA) is 49.9 Å². The Morgan fingerprint density at radius 3 is 2.83 bits per heavy atom. The molecule has 124 valence electrons. The first-order valence-corrected chi connectivity index (χ1v) is 8.24. The largest absolute Gasteiger partial charge is 0.377 e. The second-order valence-corrected chi connectivity index (χ2v) is 6.58. The lowest BCUT2D eigenvalue weighted by atomic mass is 10.1. The molecule has 2 fully saturated rings. The minimum Gasteiger partial charge on any atom is -0.377 e. The summed E-state index contributed by atoms with van der Waals surface area (Å²) in [5.41, 5.74) is 3.20. The number of ether oxygens (including phenoxy) is 1. The SMILES string of the molecule is Cc1cccc(N2CC(C(=O)N3CCOCC3C)CC2=O)c1C. The molecule has 2 aliphatic rings. The van der Waals surface area contributed by atoms with E-state index in [4.69, 9.17) is 4.74 Å². The van der Waals surface area contributed by atoms with Crippen LogP contribution in [0.4, 0.5) is 5.69 Å². The van der Waals surface area contributed by atoms with Gasteiger partial charge in [0, 0.05) is 25.2 Å². The van der Waals surface area contributed by atoms with Crippen LogP contribution in [0.15, 0.2) is 18.2 Å². The van der Waals surface area contributed by atoms with Gasteiger partial charge in [0.2, 0.25) is 11.8 Å². The molecule has 0 bridgehead atoms. The van der Waals surface area contributed by atoms with Crippen molar-refractivity contribution in [2.75, 3.05) is 31.2 Å². The molecular formula is C18H24N2O3. The average molecular weight is 316 g/mol. The van der Waals surface area contributed by atoms with Crippen molar-refractivity contribution in [1.82, 2.24) is 4.90 Å². The summed E-state index contributed by atoms with van der Waals surface area (Å²) in [6.45, 7) is 8.32. The van der Waals surface area contributed by atoms with Crippen LogP contribution in [-0.2, 0) is 14.3 Å². The van der Waals surface area contributed by atoms with Gasteiger partial charge < -0.3 is 14.5 Å². The summed E-state index contributed by atoms with van der Waals surface area (Å²) in [6, 6.07) is 6.05. The van der Waals surface area contributed by atoms with E-state index in [2.05, 4.69) is 0 Å². The molecule has 0 N–H and O–H groups in total. The normalized spacial score (nSPS) is 25.1. The van der Waals surface area contributed by atoms with Crippen LogP contribution in [0, 0.1) is 19.8 Å². The lowest BCUT2D eigenvalue weighted by molar-refractivity contribution is -0.143. The van der Waals surface area contributed by atoms with Crippen LogP contribution in [0.2, 0.25) is 0 Å². The summed E-state index contributed by atoms with van der Waals surface area (Å²) < 4.78 is 5.39. The van der Waals surface area contributed by atoms with Gasteiger partial charge in [-0.05, 0) is 38.0 Å². The number of carbonyl (C=O) groups excluding carboxylic acids is 2. The lowest BCUT2D eigenvalue weighted by Gasteiger charge is -2.35. The van der Waals surface area contributed by atoms with E-state index >= 15 is 0 Å².